The van der Waals surface area contributed by atoms with Crippen LogP contribution >= 0.6 is 0 Å². The molecule has 1 aliphatic carbocycles. The Labute approximate surface area is 291 Å². The topological polar surface area (TPSA) is 209 Å². The number of carbonyl (C=O) groups excluding carboxylic acids is 1. The van der Waals surface area contributed by atoms with Crippen LogP contribution in [0.15, 0.2) is 93.2 Å². The molecule has 5 aromatic rings. The number of allylic oxidation sites excluding steroid dienone is 4. The number of aromatic hydroxyl groups is 8. The molecule has 11 heteroatoms. The Hall–Kier alpha value is -6.36. The van der Waals surface area contributed by atoms with Crippen LogP contribution in [0.25, 0.3) is 22.3 Å². The smallest absolute Gasteiger partial charge is 0.200 e. The van der Waals surface area contributed by atoms with Gasteiger partial charge in [-0.05, 0) is 63.4 Å². The first-order chi connectivity index (χ1) is 24.2. The minimum absolute atomic E-state index is 0.000998. The normalized spacial score (nSPS) is 18.7. The third kappa shape index (κ3) is 5.76. The zero-order valence-corrected chi connectivity index (χ0v) is 27.9. The van der Waals surface area contributed by atoms with E-state index in [-0.39, 0.29) is 80.4 Å². The fourth-order valence-corrected chi connectivity index (χ4v) is 7.29. The van der Waals surface area contributed by atoms with E-state index in [0.717, 1.165) is 29.8 Å². The minimum atomic E-state index is -1.90. The summed E-state index contributed by atoms with van der Waals surface area (Å²) in [7, 11) is 0. The fraction of sp³-hybridized carbons (Fsp3) is 0.200. The Kier molecular flexibility index (Phi) is 8.68. The van der Waals surface area contributed by atoms with E-state index in [2.05, 4.69) is 0 Å². The molecule has 0 spiro atoms. The van der Waals surface area contributed by atoms with E-state index in [1.54, 1.807) is 19.1 Å². The summed E-state index contributed by atoms with van der Waals surface area (Å²) in [5, 5.41) is 86.3. The van der Waals surface area contributed by atoms with Gasteiger partial charge in [-0.3, -0.25) is 4.79 Å². The van der Waals surface area contributed by atoms with E-state index in [1.165, 1.54) is 36.4 Å². The lowest BCUT2D eigenvalue weighted by Gasteiger charge is -2.46. The number of hydrogen-bond acceptors (Lipinski definition) is 11. The third-order valence-corrected chi connectivity index (χ3v) is 9.61. The molecular formula is C40H36O11. The standard InChI is InChI=1S/C40H36O11/c1-19(2)4-8-26-37(50)36-34(49)17-33(48)35(39(36)51-38(26)25-10-6-22(43)15-31(25)46)29-13-20(3)12-28(24-9-5-21(42)14-30(24)45)40(29,18-41)27-11-7-23(44)16-32(27)47/h4-7,9-11,13-18,28-29,42-49H,8,12H2,1-3H3. The molecule has 0 saturated carbocycles. The van der Waals surface area contributed by atoms with Crippen molar-refractivity contribution in [3.63, 3.8) is 0 Å². The zero-order chi connectivity index (χ0) is 36.9. The summed E-state index contributed by atoms with van der Waals surface area (Å²) in [6.07, 6.45) is 4.15. The van der Waals surface area contributed by atoms with Gasteiger partial charge in [0, 0.05) is 52.8 Å². The molecule has 11 nitrogen and oxygen atoms in total. The largest absolute Gasteiger partial charge is 0.508 e. The van der Waals surface area contributed by atoms with Crippen LogP contribution in [-0.2, 0) is 16.6 Å². The second-order valence-corrected chi connectivity index (χ2v) is 13.2. The summed E-state index contributed by atoms with van der Waals surface area (Å²) in [5.74, 6) is -5.60. The number of fused-ring (bicyclic) bond motifs is 1. The molecule has 0 fully saturated rings. The molecule has 0 aliphatic heterocycles. The van der Waals surface area contributed by atoms with Crippen molar-refractivity contribution in [2.75, 3.05) is 0 Å². The molecule has 3 unspecified atom stereocenters. The van der Waals surface area contributed by atoms with Gasteiger partial charge < -0.3 is 50.1 Å². The summed E-state index contributed by atoms with van der Waals surface area (Å²) >= 11 is 0. The highest BCUT2D eigenvalue weighted by Crippen LogP contribution is 2.60. The molecule has 0 amide bonds. The van der Waals surface area contributed by atoms with Gasteiger partial charge in [0.05, 0.1) is 11.0 Å². The molecule has 1 heterocycles. The first-order valence-electron chi connectivity index (χ1n) is 16.1. The van der Waals surface area contributed by atoms with Gasteiger partial charge >= 0.3 is 0 Å². The van der Waals surface area contributed by atoms with Gasteiger partial charge in [0.2, 0.25) is 5.43 Å². The highest BCUT2D eigenvalue weighted by atomic mass is 16.3. The van der Waals surface area contributed by atoms with Crippen LogP contribution in [0.4, 0.5) is 0 Å². The Balaban J connectivity index is 1.78. The van der Waals surface area contributed by atoms with E-state index < -0.39 is 45.7 Å². The van der Waals surface area contributed by atoms with Crippen molar-refractivity contribution < 1.29 is 50.1 Å². The maximum Gasteiger partial charge on any atom is 0.200 e. The average molecular weight is 693 g/mol. The lowest BCUT2D eigenvalue weighted by Crippen LogP contribution is -2.43. The SMILES string of the molecule is CC(C)=CCc1c(-c2ccc(O)cc2O)oc2c(C3C=C(C)CC(c4ccc(O)cc4O)C3(C=O)c3ccc(O)cc3O)c(O)cc(O)c2c1=O. The van der Waals surface area contributed by atoms with Gasteiger partial charge in [-0.1, -0.05) is 35.4 Å². The molecular weight excluding hydrogens is 656 g/mol. The Morgan fingerprint density at radius 2 is 1.43 bits per heavy atom. The van der Waals surface area contributed by atoms with Crippen LogP contribution in [0, 0.1) is 0 Å². The predicted molar refractivity (Wildman–Crippen MR) is 189 cm³/mol. The van der Waals surface area contributed by atoms with Crippen molar-refractivity contribution in [1.29, 1.82) is 0 Å². The fourth-order valence-electron chi connectivity index (χ4n) is 7.29. The highest BCUT2D eigenvalue weighted by Gasteiger charge is 2.53. The van der Waals surface area contributed by atoms with Crippen LogP contribution in [0.3, 0.4) is 0 Å². The van der Waals surface area contributed by atoms with Crippen molar-refractivity contribution in [3.8, 4) is 57.3 Å². The summed E-state index contributed by atoms with van der Waals surface area (Å²) < 4.78 is 6.48. The van der Waals surface area contributed by atoms with Crippen molar-refractivity contribution >= 4 is 17.3 Å². The van der Waals surface area contributed by atoms with Gasteiger partial charge in [-0.25, -0.2) is 0 Å². The number of phenolic OH excluding ortho intramolecular Hbond substituents is 8. The molecule has 3 atom stereocenters. The van der Waals surface area contributed by atoms with Gasteiger partial charge in [0.1, 0.15) is 69.0 Å². The van der Waals surface area contributed by atoms with E-state index in [1.807, 2.05) is 13.8 Å². The van der Waals surface area contributed by atoms with Crippen LogP contribution in [0.1, 0.15) is 61.3 Å². The number of hydrogen-bond donors (Lipinski definition) is 8. The van der Waals surface area contributed by atoms with Gasteiger partial charge in [-0.2, -0.15) is 0 Å². The van der Waals surface area contributed by atoms with Crippen molar-refractivity contribution in [2.24, 2.45) is 0 Å². The minimum Gasteiger partial charge on any atom is -0.508 e. The number of phenols is 8. The monoisotopic (exact) mass is 692 g/mol. The second kappa shape index (κ2) is 12.8. The molecule has 51 heavy (non-hydrogen) atoms. The lowest BCUT2D eigenvalue weighted by molar-refractivity contribution is -0.114. The van der Waals surface area contributed by atoms with Crippen molar-refractivity contribution in [2.45, 2.75) is 50.9 Å². The van der Waals surface area contributed by atoms with Crippen LogP contribution < -0.4 is 5.43 Å². The second-order valence-electron chi connectivity index (χ2n) is 13.2. The molecule has 8 N–H and O–H groups in total. The van der Waals surface area contributed by atoms with Crippen molar-refractivity contribution in [3.05, 3.63) is 116 Å². The Morgan fingerprint density at radius 3 is 2.04 bits per heavy atom. The summed E-state index contributed by atoms with van der Waals surface area (Å²) in [6.45, 7) is 5.41. The first kappa shape index (κ1) is 34.5. The molecule has 0 radical (unpaired) electrons. The van der Waals surface area contributed by atoms with E-state index in [9.17, 15) is 50.4 Å². The van der Waals surface area contributed by atoms with Crippen LogP contribution in [0.2, 0.25) is 0 Å². The van der Waals surface area contributed by atoms with E-state index in [4.69, 9.17) is 4.42 Å². The predicted octanol–water partition coefficient (Wildman–Crippen LogP) is 6.97. The molecule has 0 bridgehead atoms. The van der Waals surface area contributed by atoms with Gasteiger partial charge in [0.25, 0.3) is 0 Å². The number of benzene rings is 4. The van der Waals surface area contributed by atoms with Crippen LogP contribution in [-0.4, -0.2) is 47.1 Å². The first-order valence-corrected chi connectivity index (χ1v) is 16.1. The highest BCUT2D eigenvalue weighted by molar-refractivity contribution is 5.93. The number of aldehydes is 1. The maximum atomic E-state index is 14.4. The number of carbonyl (C=O) groups is 1. The van der Waals surface area contributed by atoms with Gasteiger partial charge in [0.15, 0.2) is 0 Å². The molecule has 262 valence electrons. The lowest BCUT2D eigenvalue weighted by atomic mass is 9.55. The van der Waals surface area contributed by atoms with E-state index >= 15 is 0 Å². The summed E-state index contributed by atoms with van der Waals surface area (Å²) in [6, 6.07) is 12.2. The average Bonchev–Trinajstić information content (AvgIpc) is 3.04. The van der Waals surface area contributed by atoms with Crippen LogP contribution in [0.5, 0.6) is 46.0 Å². The molecule has 1 aromatic heterocycles. The Bertz CT molecular complexity index is 2350. The zero-order valence-electron chi connectivity index (χ0n) is 27.9. The quantitative estimate of drug-likeness (QED) is 0.0645. The van der Waals surface area contributed by atoms with Crippen molar-refractivity contribution in [1.82, 2.24) is 0 Å². The Morgan fingerprint density at radius 1 is 0.804 bits per heavy atom. The molecule has 1 aliphatic rings. The third-order valence-electron chi connectivity index (χ3n) is 9.61. The number of rotatable bonds is 7. The molecule has 0 saturated heterocycles. The summed E-state index contributed by atoms with van der Waals surface area (Å²) in [5.41, 5.74) is -1.21. The van der Waals surface area contributed by atoms with E-state index in [0.29, 0.717) is 11.9 Å². The summed E-state index contributed by atoms with van der Waals surface area (Å²) in [4.78, 5) is 28.3. The molecule has 4 aromatic carbocycles. The maximum absolute atomic E-state index is 14.4. The molecule has 6 rings (SSSR count). The van der Waals surface area contributed by atoms with Gasteiger partial charge in [-0.15, -0.1) is 0 Å².